The number of phosphoric ester groups is 1. The third-order valence-corrected chi connectivity index (χ3v) is 11.2. The molecule has 0 rings (SSSR count). The van der Waals surface area contributed by atoms with Crippen LogP contribution in [0.25, 0.3) is 0 Å². The molecule has 0 radical (unpaired) electrons. The topological polar surface area (TPSA) is 149 Å². The minimum Gasteiger partial charge on any atom is -0.462 e. The molecule has 0 aromatic carbocycles. The highest BCUT2D eigenvalue weighted by molar-refractivity contribution is 7.47. The molecule has 0 spiro atoms. The lowest BCUT2D eigenvalue weighted by Gasteiger charge is -2.20. The second-order valence-electron chi connectivity index (χ2n) is 16.1. The summed E-state index contributed by atoms with van der Waals surface area (Å²) in [6, 6.07) is 0. The molecule has 0 saturated carbocycles. The van der Waals surface area contributed by atoms with Crippen LogP contribution in [0, 0.1) is 0 Å². The predicted octanol–water partition coefficient (Wildman–Crippen LogP) is 13.1. The average molecular weight is 857 g/mol. The Morgan fingerprint density at radius 2 is 0.881 bits per heavy atom. The molecule has 0 amide bonds. The summed E-state index contributed by atoms with van der Waals surface area (Å²) in [7, 11) is -4.62. The average Bonchev–Trinajstić information content (AvgIpc) is 3.22. The molecule has 11 heteroatoms. The van der Waals surface area contributed by atoms with Gasteiger partial charge in [0.15, 0.2) is 6.10 Å². The van der Waals surface area contributed by atoms with Crippen molar-refractivity contribution in [3.63, 3.8) is 0 Å². The highest BCUT2D eigenvalue weighted by Gasteiger charge is 2.27. The van der Waals surface area contributed by atoms with Crippen molar-refractivity contribution in [2.75, 3.05) is 26.4 Å². The van der Waals surface area contributed by atoms with Crippen LogP contribution in [0.1, 0.15) is 219 Å². The number of hydrogen-bond acceptors (Lipinski definition) is 9. The maximum atomic E-state index is 12.7. The molecule has 0 aromatic rings. The van der Waals surface area contributed by atoms with Crippen LogP contribution in [0.3, 0.4) is 0 Å². The normalized spacial score (nSPS) is 14.1. The molecule has 0 saturated heterocycles. The number of unbranched alkanes of at least 4 members (excludes halogenated alkanes) is 25. The van der Waals surface area contributed by atoms with Crippen molar-refractivity contribution in [1.82, 2.24) is 0 Å². The van der Waals surface area contributed by atoms with Gasteiger partial charge in [-0.2, -0.15) is 0 Å². The third kappa shape index (κ3) is 44.1. The molecule has 10 nitrogen and oxygen atoms in total. The van der Waals surface area contributed by atoms with Crippen LogP contribution < -0.4 is 0 Å². The van der Waals surface area contributed by atoms with Gasteiger partial charge in [0.2, 0.25) is 0 Å². The third-order valence-electron chi connectivity index (χ3n) is 10.3. The van der Waals surface area contributed by atoms with E-state index >= 15 is 0 Å². The Kier molecular flexibility index (Phi) is 42.9. The quantitative estimate of drug-likeness (QED) is 0.0234. The zero-order chi connectivity index (χ0) is 43.3. The van der Waals surface area contributed by atoms with Gasteiger partial charge in [0.25, 0.3) is 0 Å². The van der Waals surface area contributed by atoms with E-state index in [9.17, 15) is 24.2 Å². The molecule has 0 bridgehead atoms. The van der Waals surface area contributed by atoms with Gasteiger partial charge in [0, 0.05) is 12.8 Å². The molecular formula is C48H89O10P. The van der Waals surface area contributed by atoms with Crippen LogP contribution in [0.15, 0.2) is 36.5 Å². The first-order valence-electron chi connectivity index (χ1n) is 23.9. The van der Waals surface area contributed by atoms with Gasteiger partial charge in [-0.05, 0) is 51.4 Å². The van der Waals surface area contributed by atoms with Gasteiger partial charge in [-0.25, -0.2) is 4.57 Å². The van der Waals surface area contributed by atoms with Crippen molar-refractivity contribution in [2.45, 2.75) is 232 Å². The minimum absolute atomic E-state index is 0.183. The Balaban J connectivity index is 4.25. The number of rotatable bonds is 45. The fraction of sp³-hybridized carbons (Fsp3) is 0.833. The van der Waals surface area contributed by atoms with Crippen LogP contribution in [0.5, 0.6) is 0 Å². The van der Waals surface area contributed by atoms with Crippen molar-refractivity contribution in [1.29, 1.82) is 0 Å². The molecule has 0 aromatic heterocycles. The largest absolute Gasteiger partial charge is 0.472 e. The van der Waals surface area contributed by atoms with E-state index in [-0.39, 0.29) is 19.4 Å². The Morgan fingerprint density at radius 3 is 1.36 bits per heavy atom. The number of allylic oxidation sites excluding steroid dienone is 6. The zero-order valence-electron chi connectivity index (χ0n) is 37.7. The van der Waals surface area contributed by atoms with Crippen LogP contribution >= 0.6 is 7.82 Å². The van der Waals surface area contributed by atoms with Crippen molar-refractivity contribution >= 4 is 19.8 Å². The second-order valence-corrected chi connectivity index (χ2v) is 17.6. The lowest BCUT2D eigenvalue weighted by Crippen LogP contribution is -2.29. The van der Waals surface area contributed by atoms with Crippen LogP contribution in [0.2, 0.25) is 0 Å². The number of phosphoric acid groups is 1. The monoisotopic (exact) mass is 857 g/mol. The van der Waals surface area contributed by atoms with E-state index in [2.05, 4.69) is 50.3 Å². The molecule has 346 valence electrons. The van der Waals surface area contributed by atoms with E-state index in [0.717, 1.165) is 57.8 Å². The standard InChI is InChI=1S/C48H89O10P/c1-3-5-7-9-11-13-15-17-19-21-22-24-26-28-30-32-34-36-38-40-48(52)58-46(44-57-59(53,54)56-42-45(50)41-49)43-55-47(51)39-37-35-33-31-29-27-25-23-20-18-16-14-12-10-8-6-4-2/h12,14,18,20,25,27,45-46,49-50H,3-11,13,15-17,19,21-24,26,28-44H2,1-2H3,(H,53,54)/b14-12-,20-18-,27-25-/t45-,46+/m0/s1. The first-order chi connectivity index (χ1) is 28.7. The smallest absolute Gasteiger partial charge is 0.462 e. The van der Waals surface area contributed by atoms with Crippen LogP contribution in [0.4, 0.5) is 0 Å². The Morgan fingerprint density at radius 1 is 0.508 bits per heavy atom. The van der Waals surface area contributed by atoms with Gasteiger partial charge in [-0.15, -0.1) is 0 Å². The van der Waals surface area contributed by atoms with Gasteiger partial charge in [0.1, 0.15) is 12.7 Å². The van der Waals surface area contributed by atoms with Gasteiger partial charge in [-0.3, -0.25) is 18.6 Å². The number of esters is 2. The molecule has 59 heavy (non-hydrogen) atoms. The summed E-state index contributed by atoms with van der Waals surface area (Å²) in [5.41, 5.74) is 0. The summed E-state index contributed by atoms with van der Waals surface area (Å²) in [5, 5.41) is 18.4. The number of aliphatic hydroxyl groups excluding tert-OH is 2. The SMILES string of the molecule is CCCCC/C=C\C/C=C\C/C=C\CCCCCCC(=O)OC[C@H](COP(=O)(O)OC[C@@H](O)CO)OC(=O)CCCCCCCCCCCCCCCCCCCCC. The lowest BCUT2D eigenvalue weighted by atomic mass is 10.0. The van der Waals surface area contributed by atoms with E-state index in [4.69, 9.17) is 23.6 Å². The molecule has 0 aliphatic rings. The summed E-state index contributed by atoms with van der Waals surface area (Å²) in [5.74, 6) is -0.941. The number of aliphatic hydroxyl groups is 2. The predicted molar refractivity (Wildman–Crippen MR) is 242 cm³/mol. The summed E-state index contributed by atoms with van der Waals surface area (Å²) in [6.45, 7) is 2.36. The Labute approximate surface area is 361 Å². The molecule has 0 aliphatic heterocycles. The zero-order valence-corrected chi connectivity index (χ0v) is 38.6. The molecular weight excluding hydrogens is 767 g/mol. The molecule has 0 aliphatic carbocycles. The summed E-state index contributed by atoms with van der Waals surface area (Å²) in [4.78, 5) is 35.1. The van der Waals surface area contributed by atoms with Crippen LogP contribution in [-0.2, 0) is 32.7 Å². The fourth-order valence-electron chi connectivity index (χ4n) is 6.59. The number of carbonyl (C=O) groups is 2. The van der Waals surface area contributed by atoms with E-state index < -0.39 is 51.8 Å². The first-order valence-corrected chi connectivity index (χ1v) is 25.4. The lowest BCUT2D eigenvalue weighted by molar-refractivity contribution is -0.161. The van der Waals surface area contributed by atoms with Crippen molar-refractivity contribution < 1.29 is 47.8 Å². The van der Waals surface area contributed by atoms with E-state index in [1.54, 1.807) is 0 Å². The molecule has 1 unspecified atom stereocenters. The maximum absolute atomic E-state index is 12.7. The number of hydrogen-bond donors (Lipinski definition) is 3. The van der Waals surface area contributed by atoms with Gasteiger partial charge in [0.05, 0.1) is 19.8 Å². The van der Waals surface area contributed by atoms with Crippen LogP contribution in [-0.4, -0.2) is 65.7 Å². The van der Waals surface area contributed by atoms with Crippen molar-refractivity contribution in [3.8, 4) is 0 Å². The van der Waals surface area contributed by atoms with Gasteiger partial charge < -0.3 is 24.6 Å². The van der Waals surface area contributed by atoms with Gasteiger partial charge >= 0.3 is 19.8 Å². The van der Waals surface area contributed by atoms with E-state index in [1.165, 1.54) is 122 Å². The van der Waals surface area contributed by atoms with Crippen molar-refractivity contribution in [2.24, 2.45) is 0 Å². The second kappa shape index (κ2) is 44.3. The summed E-state index contributed by atoms with van der Waals surface area (Å²) in [6.07, 6.45) is 46.8. The molecule has 3 N–H and O–H groups in total. The highest BCUT2D eigenvalue weighted by atomic mass is 31.2. The summed E-state index contributed by atoms with van der Waals surface area (Å²) >= 11 is 0. The van der Waals surface area contributed by atoms with E-state index in [0.29, 0.717) is 12.8 Å². The summed E-state index contributed by atoms with van der Waals surface area (Å²) < 4.78 is 32.8. The van der Waals surface area contributed by atoms with Gasteiger partial charge in [-0.1, -0.05) is 192 Å². The van der Waals surface area contributed by atoms with Crippen molar-refractivity contribution in [3.05, 3.63) is 36.5 Å². The Bertz CT molecular complexity index is 1080. The molecule has 0 fully saturated rings. The molecule has 3 atom stereocenters. The first kappa shape index (κ1) is 57.2. The highest BCUT2D eigenvalue weighted by Crippen LogP contribution is 2.43. The Hall–Kier alpha value is -1.81. The maximum Gasteiger partial charge on any atom is 0.472 e. The number of ether oxygens (including phenoxy) is 2. The fourth-order valence-corrected chi connectivity index (χ4v) is 7.38. The molecule has 0 heterocycles. The van der Waals surface area contributed by atoms with E-state index in [1.807, 2.05) is 0 Å². The minimum atomic E-state index is -4.62. The number of carbonyl (C=O) groups excluding carboxylic acids is 2.